The van der Waals surface area contributed by atoms with Crippen LogP contribution in [0.25, 0.3) is 0 Å². The van der Waals surface area contributed by atoms with Crippen molar-refractivity contribution in [1.82, 2.24) is 15.5 Å². The Hall–Kier alpha value is -2.47. The van der Waals surface area contributed by atoms with Crippen LogP contribution in [0.3, 0.4) is 0 Å². The molecule has 0 radical (unpaired) electrons. The number of H-pyrrole nitrogens is 1. The number of rotatable bonds is 6. The van der Waals surface area contributed by atoms with Crippen LogP contribution >= 0.6 is 0 Å². The summed E-state index contributed by atoms with van der Waals surface area (Å²) in [6.45, 7) is 1.97. The Bertz CT molecular complexity index is 844. The summed E-state index contributed by atoms with van der Waals surface area (Å²) in [5, 5.41) is 12.9. The number of fused-ring (bicyclic) bond motifs is 1. The molecule has 0 saturated carbocycles. The summed E-state index contributed by atoms with van der Waals surface area (Å²) in [5.41, 5.74) is 4.74. The molecular weight excluding hydrogens is 328 g/mol. The molecule has 1 atom stereocenters. The van der Waals surface area contributed by atoms with Gasteiger partial charge in [-0.2, -0.15) is 5.10 Å². The average Bonchev–Trinajstić information content (AvgIpc) is 2.64. The molecule has 0 bridgehead atoms. The first-order chi connectivity index (χ1) is 12.6. The monoisotopic (exact) mass is 354 g/mol. The van der Waals surface area contributed by atoms with Crippen molar-refractivity contribution in [1.29, 1.82) is 0 Å². The molecule has 2 aromatic rings. The molecule has 1 aliphatic rings. The summed E-state index contributed by atoms with van der Waals surface area (Å²) < 4.78 is 0. The fourth-order valence-electron chi connectivity index (χ4n) is 3.42. The molecule has 3 N–H and O–H groups in total. The van der Waals surface area contributed by atoms with Gasteiger partial charge in [0.25, 0.3) is 5.56 Å². The van der Waals surface area contributed by atoms with Gasteiger partial charge >= 0.3 is 0 Å². The SMILES string of the molecule is CNC(C)CC(=O)Nc1cccc(Cc2n[nH]c(=O)c3c2CCCC3)c1. The molecule has 3 rings (SSSR count). The van der Waals surface area contributed by atoms with Crippen molar-refractivity contribution in [3.63, 3.8) is 0 Å². The lowest BCUT2D eigenvalue weighted by Crippen LogP contribution is -2.27. The maximum Gasteiger partial charge on any atom is 0.267 e. The van der Waals surface area contributed by atoms with Crippen LogP contribution in [0.15, 0.2) is 29.1 Å². The fourth-order valence-corrected chi connectivity index (χ4v) is 3.42. The Morgan fingerprint density at radius 3 is 2.81 bits per heavy atom. The highest BCUT2D eigenvalue weighted by molar-refractivity contribution is 5.91. The van der Waals surface area contributed by atoms with Crippen molar-refractivity contribution in [3.05, 3.63) is 57.0 Å². The molecule has 0 saturated heterocycles. The minimum absolute atomic E-state index is 0.0106. The molecular formula is C20H26N4O2. The van der Waals surface area contributed by atoms with E-state index in [4.69, 9.17) is 0 Å². The van der Waals surface area contributed by atoms with Gasteiger partial charge in [-0.05, 0) is 62.9 Å². The first-order valence-electron chi connectivity index (χ1n) is 9.22. The van der Waals surface area contributed by atoms with Gasteiger partial charge < -0.3 is 10.6 Å². The predicted octanol–water partition coefficient (Wildman–Crippen LogP) is 2.18. The Kier molecular flexibility index (Phi) is 5.83. The van der Waals surface area contributed by atoms with Crippen molar-refractivity contribution >= 4 is 11.6 Å². The number of benzene rings is 1. The normalized spacial score (nSPS) is 14.5. The summed E-state index contributed by atoms with van der Waals surface area (Å²) in [6, 6.07) is 7.96. The van der Waals surface area contributed by atoms with E-state index < -0.39 is 0 Å². The van der Waals surface area contributed by atoms with Gasteiger partial charge in [0.05, 0.1) is 5.69 Å². The van der Waals surface area contributed by atoms with Gasteiger partial charge in [-0.3, -0.25) is 9.59 Å². The number of aromatic nitrogens is 2. The van der Waals surface area contributed by atoms with Gasteiger partial charge in [-0.1, -0.05) is 12.1 Å². The van der Waals surface area contributed by atoms with Crippen LogP contribution in [0.1, 0.15) is 48.6 Å². The standard InChI is InChI=1S/C20H26N4O2/c1-13(21-2)10-19(25)22-15-7-5-6-14(11-15)12-18-16-8-3-4-9-17(16)20(26)24-23-18/h5-7,11,13,21H,3-4,8-10,12H2,1-2H3,(H,22,25)(H,24,26). The van der Waals surface area contributed by atoms with Crippen LogP contribution in [0.2, 0.25) is 0 Å². The van der Waals surface area contributed by atoms with Crippen molar-refractivity contribution in [2.24, 2.45) is 0 Å². The van der Waals surface area contributed by atoms with E-state index in [1.165, 1.54) is 0 Å². The lowest BCUT2D eigenvalue weighted by Gasteiger charge is -2.17. The Morgan fingerprint density at radius 1 is 1.27 bits per heavy atom. The third kappa shape index (κ3) is 4.38. The highest BCUT2D eigenvalue weighted by atomic mass is 16.1. The van der Waals surface area contributed by atoms with E-state index in [9.17, 15) is 9.59 Å². The maximum atomic E-state index is 12.1. The number of hydrogen-bond acceptors (Lipinski definition) is 4. The van der Waals surface area contributed by atoms with E-state index in [1.807, 2.05) is 38.2 Å². The number of hydrogen-bond donors (Lipinski definition) is 3. The molecule has 1 unspecified atom stereocenters. The molecule has 1 aliphatic carbocycles. The topological polar surface area (TPSA) is 86.9 Å². The second-order valence-electron chi connectivity index (χ2n) is 6.98. The van der Waals surface area contributed by atoms with Crippen molar-refractivity contribution < 1.29 is 4.79 Å². The highest BCUT2D eigenvalue weighted by Crippen LogP contribution is 2.22. The molecule has 1 amide bonds. The Morgan fingerprint density at radius 2 is 2.04 bits per heavy atom. The van der Waals surface area contributed by atoms with E-state index in [-0.39, 0.29) is 17.5 Å². The summed E-state index contributed by atoms with van der Waals surface area (Å²) in [7, 11) is 1.84. The largest absolute Gasteiger partial charge is 0.326 e. The summed E-state index contributed by atoms with van der Waals surface area (Å²) in [4.78, 5) is 24.1. The highest BCUT2D eigenvalue weighted by Gasteiger charge is 2.18. The first kappa shape index (κ1) is 18.3. The third-order valence-electron chi connectivity index (χ3n) is 4.95. The van der Waals surface area contributed by atoms with Crippen LogP contribution < -0.4 is 16.2 Å². The van der Waals surface area contributed by atoms with Crippen molar-refractivity contribution in [3.8, 4) is 0 Å². The zero-order valence-corrected chi connectivity index (χ0v) is 15.4. The number of carbonyl (C=O) groups excluding carboxylic acids is 1. The molecule has 0 aliphatic heterocycles. The minimum atomic E-state index is -0.0527. The zero-order chi connectivity index (χ0) is 18.5. The van der Waals surface area contributed by atoms with E-state index in [2.05, 4.69) is 20.8 Å². The lowest BCUT2D eigenvalue weighted by atomic mass is 9.90. The number of carbonyl (C=O) groups is 1. The van der Waals surface area contributed by atoms with Gasteiger partial charge in [0, 0.05) is 30.1 Å². The molecule has 26 heavy (non-hydrogen) atoms. The number of anilines is 1. The molecule has 138 valence electrons. The molecule has 0 fully saturated rings. The van der Waals surface area contributed by atoms with Crippen LogP contribution in [-0.4, -0.2) is 29.2 Å². The van der Waals surface area contributed by atoms with Gasteiger partial charge in [0.15, 0.2) is 0 Å². The van der Waals surface area contributed by atoms with Crippen LogP contribution in [0.4, 0.5) is 5.69 Å². The van der Waals surface area contributed by atoms with Crippen LogP contribution in [0, 0.1) is 0 Å². The summed E-state index contributed by atoms with van der Waals surface area (Å²) in [6.07, 6.45) is 4.99. The first-order valence-corrected chi connectivity index (χ1v) is 9.22. The molecule has 1 aromatic carbocycles. The number of nitrogens with one attached hydrogen (secondary N) is 3. The fraction of sp³-hybridized carbons (Fsp3) is 0.450. The predicted molar refractivity (Wildman–Crippen MR) is 103 cm³/mol. The van der Waals surface area contributed by atoms with Crippen LogP contribution in [0.5, 0.6) is 0 Å². The maximum absolute atomic E-state index is 12.1. The summed E-state index contributed by atoms with van der Waals surface area (Å²) >= 11 is 0. The third-order valence-corrected chi connectivity index (χ3v) is 4.95. The number of amides is 1. The van der Waals surface area contributed by atoms with Crippen molar-refractivity contribution in [2.45, 2.75) is 51.5 Å². The van der Waals surface area contributed by atoms with E-state index >= 15 is 0 Å². The minimum Gasteiger partial charge on any atom is -0.326 e. The Labute approximate surface area is 153 Å². The molecule has 0 spiro atoms. The second kappa shape index (κ2) is 8.27. The smallest absolute Gasteiger partial charge is 0.267 e. The molecule has 6 nitrogen and oxygen atoms in total. The molecule has 1 aromatic heterocycles. The Balaban J connectivity index is 1.75. The van der Waals surface area contributed by atoms with Crippen LogP contribution in [-0.2, 0) is 24.1 Å². The van der Waals surface area contributed by atoms with Gasteiger partial charge in [-0.25, -0.2) is 5.10 Å². The van der Waals surface area contributed by atoms with Gasteiger partial charge in [0.2, 0.25) is 5.91 Å². The second-order valence-corrected chi connectivity index (χ2v) is 6.98. The average molecular weight is 354 g/mol. The number of aromatic amines is 1. The van der Waals surface area contributed by atoms with Crippen molar-refractivity contribution in [2.75, 3.05) is 12.4 Å². The number of nitrogens with zero attached hydrogens (tertiary/aromatic N) is 1. The van der Waals surface area contributed by atoms with E-state index in [0.717, 1.165) is 53.8 Å². The summed E-state index contributed by atoms with van der Waals surface area (Å²) in [5.74, 6) is -0.0106. The molecule has 6 heteroatoms. The lowest BCUT2D eigenvalue weighted by molar-refractivity contribution is -0.116. The van der Waals surface area contributed by atoms with Gasteiger partial charge in [-0.15, -0.1) is 0 Å². The van der Waals surface area contributed by atoms with Gasteiger partial charge in [0.1, 0.15) is 0 Å². The zero-order valence-electron chi connectivity index (χ0n) is 15.4. The van der Waals surface area contributed by atoms with E-state index in [0.29, 0.717) is 12.8 Å². The quantitative estimate of drug-likeness (QED) is 0.742. The molecule has 1 heterocycles. The van der Waals surface area contributed by atoms with E-state index in [1.54, 1.807) is 0 Å².